The first-order chi connectivity index (χ1) is 13.5. The third-order valence-electron chi connectivity index (χ3n) is 4.62. The monoisotopic (exact) mass is 391 g/mol. The van der Waals surface area contributed by atoms with Gasteiger partial charge in [0.1, 0.15) is 5.75 Å². The van der Waals surface area contributed by atoms with Gasteiger partial charge in [-0.1, -0.05) is 48.0 Å². The molecule has 0 saturated heterocycles. The molecule has 0 bridgehead atoms. The number of fused-ring (bicyclic) bond motifs is 1. The fourth-order valence-corrected chi connectivity index (χ4v) is 3.44. The van der Waals surface area contributed by atoms with E-state index in [9.17, 15) is 9.90 Å². The maximum Gasteiger partial charge on any atom is 0.278 e. The number of carbonyl (C=O) groups excluding carboxylic acids is 1. The number of anilines is 1. The number of nitrogens with one attached hydrogen (secondary N) is 1. The molecule has 1 atom stereocenters. The van der Waals surface area contributed by atoms with Crippen molar-refractivity contribution in [2.75, 3.05) is 5.32 Å². The lowest BCUT2D eigenvalue weighted by Gasteiger charge is -2.35. The summed E-state index contributed by atoms with van der Waals surface area (Å²) in [4.78, 5) is 13.2. The molecule has 0 fully saturated rings. The van der Waals surface area contributed by atoms with E-state index in [1.54, 1.807) is 43.3 Å². The van der Waals surface area contributed by atoms with E-state index in [4.69, 9.17) is 11.6 Å². The number of phenols is 1. The Morgan fingerprint density at radius 2 is 1.82 bits per heavy atom. The van der Waals surface area contributed by atoms with E-state index in [1.165, 1.54) is 5.01 Å². The molecular formula is C22H18ClN3O2. The highest BCUT2D eigenvalue weighted by Crippen LogP contribution is 2.34. The highest BCUT2D eigenvalue weighted by molar-refractivity contribution is 6.30. The molecule has 5 nitrogen and oxygen atoms in total. The number of rotatable bonds is 3. The van der Waals surface area contributed by atoms with Crippen LogP contribution in [0.5, 0.6) is 5.75 Å². The molecule has 0 unspecified atom stereocenters. The third kappa shape index (κ3) is 3.32. The van der Waals surface area contributed by atoms with Gasteiger partial charge >= 0.3 is 0 Å². The minimum atomic E-state index is -0.526. The predicted octanol–water partition coefficient (Wildman–Crippen LogP) is 5.04. The van der Waals surface area contributed by atoms with Crippen LogP contribution in [0.2, 0.25) is 5.02 Å². The van der Waals surface area contributed by atoms with Crippen molar-refractivity contribution >= 4 is 28.9 Å². The van der Waals surface area contributed by atoms with Crippen LogP contribution < -0.4 is 5.32 Å². The number of hydrogen-bond acceptors (Lipinski definition) is 4. The van der Waals surface area contributed by atoms with E-state index in [0.29, 0.717) is 21.9 Å². The summed E-state index contributed by atoms with van der Waals surface area (Å²) in [6, 6.07) is 21.5. The number of para-hydroxylation sites is 2. The Hall–Kier alpha value is -3.31. The quantitative estimate of drug-likeness (QED) is 0.615. The van der Waals surface area contributed by atoms with Crippen molar-refractivity contribution in [2.45, 2.75) is 13.1 Å². The summed E-state index contributed by atoms with van der Waals surface area (Å²) in [5.74, 6) is -0.116. The summed E-state index contributed by atoms with van der Waals surface area (Å²) in [6.07, 6.45) is -0.526. The van der Waals surface area contributed by atoms with E-state index in [-0.39, 0.29) is 11.7 Å². The van der Waals surface area contributed by atoms with Crippen LogP contribution in [0, 0.1) is 0 Å². The fourth-order valence-electron chi connectivity index (χ4n) is 3.24. The molecule has 1 amide bonds. The van der Waals surface area contributed by atoms with Crippen LogP contribution >= 0.6 is 11.6 Å². The predicted molar refractivity (Wildman–Crippen MR) is 111 cm³/mol. The van der Waals surface area contributed by atoms with Crippen molar-refractivity contribution in [3.8, 4) is 5.75 Å². The van der Waals surface area contributed by atoms with Crippen LogP contribution in [-0.4, -0.2) is 21.7 Å². The zero-order chi connectivity index (χ0) is 19.7. The van der Waals surface area contributed by atoms with E-state index >= 15 is 0 Å². The molecule has 4 rings (SSSR count). The van der Waals surface area contributed by atoms with E-state index < -0.39 is 6.17 Å². The van der Waals surface area contributed by atoms with E-state index in [0.717, 1.165) is 11.3 Å². The van der Waals surface area contributed by atoms with Gasteiger partial charge in [-0.2, -0.15) is 5.10 Å². The van der Waals surface area contributed by atoms with Crippen molar-refractivity contribution in [3.05, 3.63) is 94.5 Å². The summed E-state index contributed by atoms with van der Waals surface area (Å²) in [6.45, 7) is 1.76. The number of halogens is 1. The summed E-state index contributed by atoms with van der Waals surface area (Å²) in [7, 11) is 0. The van der Waals surface area contributed by atoms with Gasteiger partial charge in [0.05, 0.1) is 11.3 Å². The van der Waals surface area contributed by atoms with Gasteiger partial charge in [0.2, 0.25) is 0 Å². The van der Waals surface area contributed by atoms with Gasteiger partial charge in [0.15, 0.2) is 6.17 Å². The van der Waals surface area contributed by atoms with Crippen molar-refractivity contribution in [1.82, 2.24) is 5.01 Å². The number of hydrogen-bond donors (Lipinski definition) is 2. The Morgan fingerprint density at radius 3 is 2.61 bits per heavy atom. The van der Waals surface area contributed by atoms with Gasteiger partial charge in [0, 0.05) is 16.3 Å². The SMILES string of the molecule is C/C(=N/N1C(=O)c2ccccc2N[C@@H]1c1cccc(Cl)c1)c1ccccc1O. The first kappa shape index (κ1) is 18.1. The van der Waals surface area contributed by atoms with Crippen molar-refractivity contribution in [2.24, 2.45) is 5.10 Å². The Bertz CT molecular complexity index is 1080. The van der Waals surface area contributed by atoms with Gasteiger partial charge in [-0.05, 0) is 48.9 Å². The average molecular weight is 392 g/mol. The lowest BCUT2D eigenvalue weighted by atomic mass is 10.0. The zero-order valence-corrected chi connectivity index (χ0v) is 15.9. The Balaban J connectivity index is 1.82. The number of nitrogens with zero attached hydrogens (tertiary/aromatic N) is 2. The molecule has 0 aromatic heterocycles. The first-order valence-electron chi connectivity index (χ1n) is 8.83. The van der Waals surface area contributed by atoms with Crippen molar-refractivity contribution < 1.29 is 9.90 Å². The second kappa shape index (κ2) is 7.37. The molecule has 2 N–H and O–H groups in total. The second-order valence-corrected chi connectivity index (χ2v) is 6.94. The zero-order valence-electron chi connectivity index (χ0n) is 15.1. The van der Waals surface area contributed by atoms with Crippen LogP contribution in [0.4, 0.5) is 5.69 Å². The summed E-state index contributed by atoms with van der Waals surface area (Å²) in [5.41, 5.74) is 3.18. The molecule has 28 heavy (non-hydrogen) atoms. The highest BCUT2D eigenvalue weighted by atomic mass is 35.5. The lowest BCUT2D eigenvalue weighted by Crippen LogP contribution is -2.40. The highest BCUT2D eigenvalue weighted by Gasteiger charge is 2.33. The van der Waals surface area contributed by atoms with E-state index in [2.05, 4.69) is 10.4 Å². The van der Waals surface area contributed by atoms with Crippen LogP contribution in [-0.2, 0) is 0 Å². The number of phenolic OH excluding ortho intramolecular Hbond substituents is 1. The summed E-state index contributed by atoms with van der Waals surface area (Å²) < 4.78 is 0. The largest absolute Gasteiger partial charge is 0.507 e. The Kier molecular flexibility index (Phi) is 4.75. The maximum absolute atomic E-state index is 13.2. The molecule has 3 aromatic carbocycles. The number of carbonyl (C=O) groups is 1. The molecule has 0 radical (unpaired) electrons. The number of amides is 1. The maximum atomic E-state index is 13.2. The standard InChI is InChI=1S/C22H18ClN3O2/c1-14(17-9-3-5-12-20(17)27)25-26-21(15-7-6-8-16(23)13-15)24-19-11-4-2-10-18(19)22(26)28/h2-13,21,24,27H,1H3/b25-14-/t21-/m0/s1. The Morgan fingerprint density at radius 1 is 1.07 bits per heavy atom. The molecule has 6 heteroatoms. The molecular weight excluding hydrogens is 374 g/mol. The van der Waals surface area contributed by atoms with E-state index in [1.807, 2.05) is 36.4 Å². The van der Waals surface area contributed by atoms with Crippen molar-refractivity contribution in [1.29, 1.82) is 0 Å². The minimum Gasteiger partial charge on any atom is -0.507 e. The lowest BCUT2D eigenvalue weighted by molar-refractivity contribution is 0.0689. The number of benzene rings is 3. The summed E-state index contributed by atoms with van der Waals surface area (Å²) >= 11 is 6.17. The molecule has 0 spiro atoms. The molecule has 0 aliphatic carbocycles. The molecule has 1 heterocycles. The number of hydrazone groups is 1. The molecule has 3 aromatic rings. The van der Waals surface area contributed by atoms with Gasteiger partial charge < -0.3 is 10.4 Å². The summed E-state index contributed by atoms with van der Waals surface area (Å²) in [5, 5.41) is 20.0. The molecule has 1 aliphatic rings. The van der Waals surface area contributed by atoms with Crippen LogP contribution in [0.15, 0.2) is 77.9 Å². The molecule has 140 valence electrons. The third-order valence-corrected chi connectivity index (χ3v) is 4.85. The second-order valence-electron chi connectivity index (χ2n) is 6.50. The Labute approximate surface area is 167 Å². The van der Waals surface area contributed by atoms with Crippen molar-refractivity contribution in [3.63, 3.8) is 0 Å². The van der Waals surface area contributed by atoms with Gasteiger partial charge in [-0.25, -0.2) is 5.01 Å². The number of aromatic hydroxyl groups is 1. The van der Waals surface area contributed by atoms with Crippen LogP contribution in [0.25, 0.3) is 0 Å². The normalized spacial score (nSPS) is 16.5. The minimum absolute atomic E-state index is 0.112. The fraction of sp³-hybridized carbons (Fsp3) is 0.0909. The van der Waals surface area contributed by atoms with Gasteiger partial charge in [0.25, 0.3) is 5.91 Å². The van der Waals surface area contributed by atoms with Crippen LogP contribution in [0.3, 0.4) is 0 Å². The van der Waals surface area contributed by atoms with Gasteiger partial charge in [-0.3, -0.25) is 4.79 Å². The van der Waals surface area contributed by atoms with Gasteiger partial charge in [-0.15, -0.1) is 0 Å². The molecule has 1 aliphatic heterocycles. The topological polar surface area (TPSA) is 64.9 Å². The molecule has 0 saturated carbocycles. The average Bonchev–Trinajstić information content (AvgIpc) is 2.70. The first-order valence-corrected chi connectivity index (χ1v) is 9.20. The van der Waals surface area contributed by atoms with Crippen LogP contribution in [0.1, 0.15) is 34.6 Å². The smallest absolute Gasteiger partial charge is 0.278 e.